The first kappa shape index (κ1) is 24.4. The van der Waals surface area contributed by atoms with E-state index >= 15 is 0 Å². The number of esters is 1. The van der Waals surface area contributed by atoms with Crippen molar-refractivity contribution < 1.29 is 33.6 Å². The molecule has 1 aromatic carbocycles. The summed E-state index contributed by atoms with van der Waals surface area (Å²) < 4.78 is 25.5. The van der Waals surface area contributed by atoms with Gasteiger partial charge in [0.1, 0.15) is 36.9 Å². The summed E-state index contributed by atoms with van der Waals surface area (Å²) in [5, 5.41) is 22.6. The summed E-state index contributed by atoms with van der Waals surface area (Å²) in [5.74, 6) is -1.44. The number of carbonyl (C=O) groups excluding carboxylic acids is 1. The number of benzene rings is 1. The van der Waals surface area contributed by atoms with Crippen molar-refractivity contribution in [2.24, 2.45) is 0 Å². The molecule has 194 valence electrons. The van der Waals surface area contributed by atoms with Crippen LogP contribution in [0.1, 0.15) is 27.0 Å². The quantitative estimate of drug-likeness (QED) is 0.260. The average Bonchev–Trinajstić information content (AvgIpc) is 3.48. The zero-order valence-electron chi connectivity index (χ0n) is 19.7. The van der Waals surface area contributed by atoms with Gasteiger partial charge in [-0.2, -0.15) is 0 Å². The number of nitro benzene ring substituents is 2. The number of nitro groups is 2. The summed E-state index contributed by atoms with van der Waals surface area (Å²) in [7, 11) is 0. The first-order valence-corrected chi connectivity index (χ1v) is 11.0. The molecule has 16 nitrogen and oxygen atoms in total. The van der Waals surface area contributed by atoms with Crippen LogP contribution in [0.4, 0.5) is 11.4 Å². The normalized spacial score (nSPS) is 24.2. The maximum atomic E-state index is 13.3. The van der Waals surface area contributed by atoms with E-state index in [4.69, 9.17) is 18.9 Å². The van der Waals surface area contributed by atoms with Crippen LogP contribution in [0.15, 0.2) is 35.6 Å². The van der Waals surface area contributed by atoms with Gasteiger partial charge in [-0.1, -0.05) is 0 Å². The number of nitrogens with zero attached hydrogens (tertiary/aromatic N) is 6. The van der Waals surface area contributed by atoms with Crippen molar-refractivity contribution >= 4 is 28.5 Å². The van der Waals surface area contributed by atoms with Crippen LogP contribution in [0, 0.1) is 20.2 Å². The third kappa shape index (κ3) is 4.20. The average molecular weight is 516 g/mol. The Morgan fingerprint density at radius 1 is 1.14 bits per heavy atom. The molecule has 2 fully saturated rings. The number of non-ortho nitro benzene ring substituents is 1. The molecule has 2 saturated heterocycles. The molecule has 0 bridgehead atoms. The van der Waals surface area contributed by atoms with Crippen molar-refractivity contribution in [1.29, 1.82) is 0 Å². The molecule has 0 radical (unpaired) electrons. The molecule has 2 aliphatic rings. The van der Waals surface area contributed by atoms with Gasteiger partial charge in [0.25, 0.3) is 16.9 Å². The van der Waals surface area contributed by atoms with Crippen molar-refractivity contribution in [3.05, 3.63) is 61.4 Å². The molecule has 4 heterocycles. The topological polar surface area (TPSA) is 193 Å². The zero-order chi connectivity index (χ0) is 26.6. The van der Waals surface area contributed by atoms with Gasteiger partial charge in [-0.05, 0) is 19.9 Å². The number of aromatic nitrogens is 4. The van der Waals surface area contributed by atoms with Crippen molar-refractivity contribution in [2.75, 3.05) is 6.61 Å². The van der Waals surface area contributed by atoms with Gasteiger partial charge < -0.3 is 18.9 Å². The molecule has 4 atom stereocenters. The van der Waals surface area contributed by atoms with Crippen molar-refractivity contribution in [3.8, 4) is 5.69 Å². The number of carbonyl (C=O) groups is 1. The van der Waals surface area contributed by atoms with Gasteiger partial charge in [0, 0.05) is 13.0 Å². The van der Waals surface area contributed by atoms with Gasteiger partial charge in [0.05, 0.1) is 22.2 Å². The van der Waals surface area contributed by atoms with Gasteiger partial charge in [0.2, 0.25) is 0 Å². The summed E-state index contributed by atoms with van der Waals surface area (Å²) >= 11 is 0. The predicted octanol–water partition coefficient (Wildman–Crippen LogP) is 1.38. The lowest BCUT2D eigenvalue weighted by Gasteiger charge is -2.24. The van der Waals surface area contributed by atoms with Crippen LogP contribution in [-0.4, -0.2) is 65.6 Å². The number of imidazole rings is 1. The fraction of sp³-hybridized carbons (Fsp3) is 0.429. The van der Waals surface area contributed by atoms with E-state index in [0.29, 0.717) is 0 Å². The Labute approximate surface area is 206 Å². The van der Waals surface area contributed by atoms with E-state index in [9.17, 15) is 29.8 Å². The smallest absolute Gasteiger partial charge is 0.302 e. The molecule has 16 heteroatoms. The molecule has 2 aromatic heterocycles. The summed E-state index contributed by atoms with van der Waals surface area (Å²) in [6.45, 7) is 4.65. The minimum absolute atomic E-state index is 0.0802. The zero-order valence-corrected chi connectivity index (χ0v) is 19.7. The summed E-state index contributed by atoms with van der Waals surface area (Å²) in [4.78, 5) is 54.0. The molecule has 0 unspecified atom stereocenters. The molecular weight excluding hydrogens is 496 g/mol. The summed E-state index contributed by atoms with van der Waals surface area (Å²) in [5.41, 5.74) is -2.12. The second-order valence-electron chi connectivity index (χ2n) is 8.86. The maximum absolute atomic E-state index is 13.3. The second kappa shape index (κ2) is 8.68. The third-order valence-electron chi connectivity index (χ3n) is 5.96. The molecular formula is C21H20N6O10. The van der Waals surface area contributed by atoms with E-state index in [-0.39, 0.29) is 23.5 Å². The standard InChI is InChI=1S/C21H20N6O10/c1-10(28)34-7-14-16-17(37-21(2,3)36-16)20(35-14)25-8-22-15-18(25)23-9-24(19(15)29)12-5-4-11(26(30)31)6-13(12)27(32)33/h4-6,8-9,14,16-17,20H,7H2,1-3H3/t14-,16-,17-,20-/m1/s1. The molecule has 0 amide bonds. The van der Waals surface area contributed by atoms with Gasteiger partial charge in [-0.15, -0.1) is 0 Å². The Morgan fingerprint density at radius 3 is 2.54 bits per heavy atom. The Bertz CT molecular complexity index is 1500. The first-order chi connectivity index (χ1) is 17.5. The Kier molecular flexibility index (Phi) is 5.73. The minimum Gasteiger partial charge on any atom is -0.463 e. The van der Waals surface area contributed by atoms with Crippen molar-refractivity contribution in [1.82, 2.24) is 19.1 Å². The molecule has 37 heavy (non-hydrogen) atoms. The third-order valence-corrected chi connectivity index (χ3v) is 5.96. The van der Waals surface area contributed by atoms with Crippen molar-refractivity contribution in [2.45, 2.75) is 51.1 Å². The van der Waals surface area contributed by atoms with Crippen LogP contribution in [0.25, 0.3) is 16.9 Å². The number of fused-ring (bicyclic) bond motifs is 2. The fourth-order valence-electron chi connectivity index (χ4n) is 4.46. The lowest BCUT2D eigenvalue weighted by atomic mass is 10.1. The number of hydrogen-bond donors (Lipinski definition) is 0. The van der Waals surface area contributed by atoms with Crippen LogP contribution in [0.3, 0.4) is 0 Å². The van der Waals surface area contributed by atoms with Crippen LogP contribution < -0.4 is 5.56 Å². The van der Waals surface area contributed by atoms with Gasteiger partial charge in [0.15, 0.2) is 23.2 Å². The van der Waals surface area contributed by atoms with E-state index < -0.39 is 63.1 Å². The molecule has 0 aliphatic carbocycles. The molecule has 0 saturated carbocycles. The number of rotatable bonds is 6. The lowest BCUT2D eigenvalue weighted by Crippen LogP contribution is -2.33. The van der Waals surface area contributed by atoms with Crippen LogP contribution >= 0.6 is 0 Å². The van der Waals surface area contributed by atoms with E-state index in [1.54, 1.807) is 13.8 Å². The lowest BCUT2D eigenvalue weighted by molar-refractivity contribution is -0.394. The van der Waals surface area contributed by atoms with Crippen LogP contribution in [0.2, 0.25) is 0 Å². The monoisotopic (exact) mass is 516 g/mol. The Hall–Kier alpha value is -4.28. The second-order valence-corrected chi connectivity index (χ2v) is 8.86. The molecule has 2 aliphatic heterocycles. The van der Waals surface area contributed by atoms with Crippen LogP contribution in [-0.2, 0) is 23.7 Å². The number of ether oxygens (including phenoxy) is 4. The molecule has 0 spiro atoms. The molecule has 3 aromatic rings. The van der Waals surface area contributed by atoms with E-state index in [2.05, 4.69) is 9.97 Å². The highest BCUT2D eigenvalue weighted by Crippen LogP contribution is 2.43. The maximum Gasteiger partial charge on any atom is 0.302 e. The first-order valence-electron chi connectivity index (χ1n) is 11.0. The number of hydrogen-bond acceptors (Lipinski definition) is 12. The highest BCUT2D eigenvalue weighted by atomic mass is 16.8. The van der Waals surface area contributed by atoms with Crippen molar-refractivity contribution in [3.63, 3.8) is 0 Å². The van der Waals surface area contributed by atoms with Gasteiger partial charge in [-0.25, -0.2) is 9.97 Å². The van der Waals surface area contributed by atoms with E-state index in [1.807, 2.05) is 0 Å². The predicted molar refractivity (Wildman–Crippen MR) is 121 cm³/mol. The summed E-state index contributed by atoms with van der Waals surface area (Å²) in [6, 6.07) is 2.91. The highest BCUT2D eigenvalue weighted by molar-refractivity contribution is 5.70. The van der Waals surface area contributed by atoms with E-state index in [1.165, 1.54) is 17.8 Å². The SMILES string of the molecule is CC(=O)OC[C@H]1O[C@@H](n2cnc3c(=O)n(-c4ccc([N+](=O)[O-])cc4[N+](=O)[O-])cnc32)[C@@H]2OC(C)(C)O[C@@H]21. The molecule has 0 N–H and O–H groups in total. The minimum atomic E-state index is -0.947. The van der Waals surface area contributed by atoms with E-state index in [0.717, 1.165) is 29.1 Å². The largest absolute Gasteiger partial charge is 0.463 e. The fourth-order valence-corrected chi connectivity index (χ4v) is 4.46. The Morgan fingerprint density at radius 2 is 1.86 bits per heavy atom. The van der Waals surface area contributed by atoms with Crippen LogP contribution in [0.5, 0.6) is 0 Å². The molecule has 5 rings (SSSR count). The summed E-state index contributed by atoms with van der Waals surface area (Å²) in [6.07, 6.45) is -0.350. The van der Waals surface area contributed by atoms with Gasteiger partial charge in [-0.3, -0.25) is 39.0 Å². The highest BCUT2D eigenvalue weighted by Gasteiger charge is 2.56. The Balaban J connectivity index is 1.55. The van der Waals surface area contributed by atoms with Gasteiger partial charge >= 0.3 is 5.97 Å².